The van der Waals surface area contributed by atoms with Crippen LogP contribution in [0.15, 0.2) is 28.0 Å². The molecular formula is C15H20N4O3S2. The summed E-state index contributed by atoms with van der Waals surface area (Å²) in [5, 5.41) is 3.04. The molecule has 0 aromatic carbocycles. The minimum Gasteiger partial charge on any atom is -0.292 e. The Labute approximate surface area is 145 Å². The van der Waals surface area contributed by atoms with E-state index >= 15 is 0 Å². The maximum Gasteiger partial charge on any atom is 0.276 e. The summed E-state index contributed by atoms with van der Waals surface area (Å²) < 4.78 is 27.9. The molecule has 1 aliphatic rings. The summed E-state index contributed by atoms with van der Waals surface area (Å²) >= 11 is 1.69. The zero-order valence-corrected chi connectivity index (χ0v) is 15.7. The van der Waals surface area contributed by atoms with Crippen molar-refractivity contribution in [3.63, 3.8) is 0 Å². The van der Waals surface area contributed by atoms with Gasteiger partial charge in [-0.1, -0.05) is 0 Å². The van der Waals surface area contributed by atoms with Crippen LogP contribution in [0.4, 0.5) is 0 Å². The van der Waals surface area contributed by atoms with Gasteiger partial charge in [-0.05, 0) is 32.9 Å². The van der Waals surface area contributed by atoms with Crippen LogP contribution in [0.3, 0.4) is 0 Å². The number of fused-ring (bicyclic) bond motifs is 1. The van der Waals surface area contributed by atoms with Crippen molar-refractivity contribution in [2.24, 2.45) is 0 Å². The van der Waals surface area contributed by atoms with E-state index in [1.165, 1.54) is 21.3 Å². The number of pyridine rings is 1. The van der Waals surface area contributed by atoms with Crippen LogP contribution in [-0.4, -0.2) is 40.1 Å². The van der Waals surface area contributed by atoms with Gasteiger partial charge in [0.2, 0.25) is 10.0 Å². The Morgan fingerprint density at radius 1 is 1.29 bits per heavy atom. The molecule has 0 amide bonds. The quantitative estimate of drug-likeness (QED) is 0.891. The first kappa shape index (κ1) is 17.2. The lowest BCUT2D eigenvalue weighted by Crippen LogP contribution is -2.42. The van der Waals surface area contributed by atoms with Crippen LogP contribution in [0.25, 0.3) is 5.82 Å². The number of aromatic amines is 1. The second kappa shape index (κ2) is 5.75. The summed E-state index contributed by atoms with van der Waals surface area (Å²) in [5.74, 6) is 1.86. The van der Waals surface area contributed by atoms with E-state index in [1.807, 2.05) is 20.8 Å². The smallest absolute Gasteiger partial charge is 0.276 e. The van der Waals surface area contributed by atoms with Gasteiger partial charge >= 0.3 is 0 Å². The maximum atomic E-state index is 12.6. The average molecular weight is 368 g/mol. The third-order valence-electron chi connectivity index (χ3n) is 4.12. The van der Waals surface area contributed by atoms with E-state index < -0.39 is 15.6 Å². The van der Waals surface area contributed by atoms with Gasteiger partial charge in [-0.2, -0.15) is 16.1 Å². The molecule has 3 rings (SSSR count). The van der Waals surface area contributed by atoms with E-state index in [4.69, 9.17) is 0 Å². The maximum absolute atomic E-state index is 12.6. The number of hydrogen-bond acceptors (Lipinski definition) is 5. The molecule has 7 nitrogen and oxygen atoms in total. The zero-order chi connectivity index (χ0) is 17.7. The van der Waals surface area contributed by atoms with E-state index in [0.29, 0.717) is 11.6 Å². The van der Waals surface area contributed by atoms with Crippen molar-refractivity contribution in [3.8, 4) is 5.82 Å². The van der Waals surface area contributed by atoms with Gasteiger partial charge in [0.25, 0.3) is 5.56 Å². The topological polar surface area (TPSA) is 88.1 Å². The lowest BCUT2D eigenvalue weighted by atomic mass is 10.1. The fourth-order valence-corrected chi connectivity index (χ4v) is 4.89. The molecule has 0 fully saturated rings. The molecular weight excluding hydrogens is 348 g/mol. The third-order valence-corrected chi connectivity index (χ3v) is 7.21. The van der Waals surface area contributed by atoms with Gasteiger partial charge < -0.3 is 0 Å². The molecule has 0 aliphatic carbocycles. The first-order valence-electron chi connectivity index (χ1n) is 7.48. The van der Waals surface area contributed by atoms with Gasteiger partial charge in [0, 0.05) is 30.3 Å². The SMILES string of the molecule is CN(C(C)(C)C)S(=O)(=O)c1ccc(-n2[nH]c3c(c2=O)CSC3)nc1. The molecule has 1 N–H and O–H groups in total. The van der Waals surface area contributed by atoms with Crippen LogP contribution >= 0.6 is 11.8 Å². The average Bonchev–Trinajstić information content (AvgIpc) is 3.09. The molecule has 0 saturated heterocycles. The van der Waals surface area contributed by atoms with E-state index in [-0.39, 0.29) is 10.5 Å². The molecule has 3 heterocycles. The fraction of sp³-hybridized carbons (Fsp3) is 0.467. The summed E-state index contributed by atoms with van der Waals surface area (Å²) in [4.78, 5) is 16.6. The van der Waals surface area contributed by atoms with E-state index in [2.05, 4.69) is 10.1 Å². The number of sulfonamides is 1. The first-order chi connectivity index (χ1) is 11.1. The molecule has 2 aromatic rings. The predicted octanol–water partition coefficient (Wildman–Crippen LogP) is 1.73. The molecule has 0 atom stereocenters. The van der Waals surface area contributed by atoms with Gasteiger partial charge in [-0.3, -0.25) is 9.89 Å². The number of nitrogens with one attached hydrogen (secondary N) is 1. The Hall–Kier alpha value is -1.58. The lowest BCUT2D eigenvalue weighted by molar-refractivity contribution is 0.291. The Morgan fingerprint density at radius 3 is 2.54 bits per heavy atom. The summed E-state index contributed by atoms with van der Waals surface area (Å²) in [6, 6.07) is 3.02. The molecule has 1 aliphatic heterocycles. The molecule has 0 radical (unpaired) electrons. The number of nitrogens with zero attached hydrogens (tertiary/aromatic N) is 3. The van der Waals surface area contributed by atoms with Crippen LogP contribution in [0.2, 0.25) is 0 Å². The van der Waals surface area contributed by atoms with Crippen molar-refractivity contribution in [1.29, 1.82) is 0 Å². The Morgan fingerprint density at radius 2 is 2.00 bits per heavy atom. The highest BCUT2D eigenvalue weighted by Crippen LogP contribution is 2.26. The molecule has 2 aromatic heterocycles. The highest BCUT2D eigenvalue weighted by atomic mass is 32.2. The number of hydrogen-bond donors (Lipinski definition) is 1. The van der Waals surface area contributed by atoms with Crippen molar-refractivity contribution >= 4 is 21.8 Å². The van der Waals surface area contributed by atoms with E-state index in [1.54, 1.807) is 24.9 Å². The minimum absolute atomic E-state index is 0.103. The lowest BCUT2D eigenvalue weighted by Gasteiger charge is -2.30. The monoisotopic (exact) mass is 368 g/mol. The zero-order valence-electron chi connectivity index (χ0n) is 14.0. The van der Waals surface area contributed by atoms with Crippen molar-refractivity contribution in [2.75, 3.05) is 7.05 Å². The van der Waals surface area contributed by atoms with Gasteiger partial charge in [0.1, 0.15) is 4.90 Å². The van der Waals surface area contributed by atoms with Gasteiger partial charge in [0.05, 0.1) is 11.3 Å². The van der Waals surface area contributed by atoms with E-state index in [0.717, 1.165) is 17.0 Å². The summed E-state index contributed by atoms with van der Waals surface area (Å²) in [7, 11) is -2.09. The van der Waals surface area contributed by atoms with Crippen LogP contribution in [0.1, 0.15) is 32.0 Å². The highest BCUT2D eigenvalue weighted by molar-refractivity contribution is 7.98. The molecule has 0 unspecified atom stereocenters. The molecule has 0 saturated carbocycles. The van der Waals surface area contributed by atoms with Crippen LogP contribution in [0.5, 0.6) is 0 Å². The van der Waals surface area contributed by atoms with E-state index in [9.17, 15) is 13.2 Å². The number of rotatable bonds is 3. The largest absolute Gasteiger partial charge is 0.292 e. The summed E-state index contributed by atoms with van der Waals surface area (Å²) in [6.07, 6.45) is 1.29. The number of aromatic nitrogens is 3. The first-order valence-corrected chi connectivity index (χ1v) is 10.1. The van der Waals surface area contributed by atoms with Crippen LogP contribution in [-0.2, 0) is 21.5 Å². The van der Waals surface area contributed by atoms with Gasteiger partial charge in [-0.15, -0.1) is 0 Å². The molecule has 24 heavy (non-hydrogen) atoms. The molecule has 130 valence electrons. The second-order valence-electron chi connectivity index (χ2n) is 6.70. The standard InChI is InChI=1S/C15H20N4O3S2/c1-15(2,3)18(4)24(21,22)10-5-6-13(16-7-10)19-14(20)11-8-23-9-12(11)17-19/h5-7,17H,8-9H2,1-4H3. The number of H-pyrrole nitrogens is 1. The third kappa shape index (κ3) is 2.80. The Bertz CT molecular complexity index is 921. The van der Waals surface area contributed by atoms with Gasteiger partial charge in [-0.25, -0.2) is 18.1 Å². The van der Waals surface area contributed by atoms with Crippen molar-refractivity contribution in [2.45, 2.75) is 42.7 Å². The predicted molar refractivity (Wildman–Crippen MR) is 93.9 cm³/mol. The van der Waals surface area contributed by atoms with Crippen LogP contribution in [0, 0.1) is 0 Å². The molecule has 0 spiro atoms. The summed E-state index contributed by atoms with van der Waals surface area (Å²) in [6.45, 7) is 5.47. The fourth-order valence-electron chi connectivity index (χ4n) is 2.38. The van der Waals surface area contributed by atoms with Crippen molar-refractivity contribution in [1.82, 2.24) is 19.1 Å². The number of thioether (sulfide) groups is 1. The highest BCUT2D eigenvalue weighted by Gasteiger charge is 2.30. The van der Waals surface area contributed by atoms with Gasteiger partial charge in [0.15, 0.2) is 5.82 Å². The normalized spacial score (nSPS) is 15.0. The molecule has 9 heteroatoms. The van der Waals surface area contributed by atoms with Crippen molar-refractivity contribution < 1.29 is 8.42 Å². The Balaban J connectivity index is 1.96. The minimum atomic E-state index is -3.63. The Kier molecular flexibility index (Phi) is 4.13. The molecule has 0 bridgehead atoms. The van der Waals surface area contributed by atoms with Crippen LogP contribution < -0.4 is 5.56 Å². The van der Waals surface area contributed by atoms with Crippen molar-refractivity contribution in [3.05, 3.63) is 39.9 Å². The summed E-state index contributed by atoms with van der Waals surface area (Å²) in [5.41, 5.74) is 1.03. The second-order valence-corrected chi connectivity index (χ2v) is 9.65.